The maximum Gasteiger partial charge on any atom is 0.409 e. The van der Waals surface area contributed by atoms with Gasteiger partial charge < -0.3 is 15.4 Å². The number of aryl methyl sites for hydroxylation is 1. The van der Waals surface area contributed by atoms with E-state index in [4.69, 9.17) is 5.11 Å². The van der Waals surface area contributed by atoms with Crippen LogP contribution in [0.15, 0.2) is 54.0 Å². The number of halogens is 1. The number of Topliss-reactive ketones (excluding diaryl/α,β-unsaturated/α-hetero) is 1. The number of ketones is 1. The largest absolute Gasteiger partial charge is 0.465 e. The zero-order valence-electron chi connectivity index (χ0n) is 17.8. The second kappa shape index (κ2) is 9.63. The Labute approximate surface area is 196 Å². The highest BCUT2D eigenvalue weighted by atomic mass is 32.1. The number of nitrogens with one attached hydrogen (secondary N) is 3. The Kier molecular flexibility index (Phi) is 6.46. The summed E-state index contributed by atoms with van der Waals surface area (Å²) in [5.41, 5.74) is 1.77. The van der Waals surface area contributed by atoms with Gasteiger partial charge in [-0.25, -0.2) is 19.2 Å². The highest BCUT2D eigenvalue weighted by Crippen LogP contribution is 2.31. The third-order valence-electron chi connectivity index (χ3n) is 4.74. The maximum absolute atomic E-state index is 14.2. The average Bonchev–Trinajstić information content (AvgIpc) is 3.44. The van der Waals surface area contributed by atoms with Gasteiger partial charge in [0, 0.05) is 17.1 Å². The number of H-pyrrole nitrogens is 1. The zero-order valence-corrected chi connectivity index (χ0v) is 18.6. The molecule has 0 aliphatic heterocycles. The number of hydrogen-bond acceptors (Lipinski definition) is 6. The van der Waals surface area contributed by atoms with Crippen molar-refractivity contribution in [2.45, 2.75) is 13.3 Å². The molecule has 0 atom stereocenters. The summed E-state index contributed by atoms with van der Waals surface area (Å²) in [6.45, 7) is 1.82. The molecule has 2 heterocycles. The van der Waals surface area contributed by atoms with E-state index in [0.29, 0.717) is 16.4 Å². The second-order valence-corrected chi connectivity index (χ2v) is 8.10. The predicted octanol–water partition coefficient (Wildman–Crippen LogP) is 4.95. The van der Waals surface area contributed by atoms with Gasteiger partial charge in [0.25, 0.3) is 0 Å². The van der Waals surface area contributed by atoms with Crippen molar-refractivity contribution >= 4 is 40.5 Å². The minimum atomic E-state index is -1.34. The fourth-order valence-electron chi connectivity index (χ4n) is 3.20. The van der Waals surface area contributed by atoms with E-state index in [1.54, 1.807) is 29.8 Å². The molecule has 0 aliphatic carbocycles. The summed E-state index contributed by atoms with van der Waals surface area (Å²) in [6, 6.07) is 10.4. The van der Waals surface area contributed by atoms with E-state index in [1.165, 1.54) is 35.6 Å². The number of anilines is 2. The van der Waals surface area contributed by atoms with Crippen molar-refractivity contribution in [3.8, 4) is 22.0 Å². The highest BCUT2D eigenvalue weighted by Gasteiger charge is 2.19. The molecule has 2 amide bonds. The molecule has 4 aromatic rings. The van der Waals surface area contributed by atoms with Crippen LogP contribution in [0, 0.1) is 12.7 Å². The third-order valence-corrected chi connectivity index (χ3v) is 5.59. The van der Waals surface area contributed by atoms with Crippen molar-refractivity contribution in [3.63, 3.8) is 0 Å². The average molecular weight is 479 g/mol. The number of aromatic amines is 1. The number of rotatable bonds is 7. The van der Waals surface area contributed by atoms with Gasteiger partial charge in [-0.3, -0.25) is 14.9 Å². The Morgan fingerprint density at radius 3 is 2.59 bits per heavy atom. The molecule has 11 heteroatoms. The topological polar surface area (TPSA) is 137 Å². The SMILES string of the molecule is Cc1c[nH]c(-c2nc(C(=O)CC(=O)Nc3cc(-c4ccccc4F)ccc3NC(=O)O)cs2)n1. The van der Waals surface area contributed by atoms with E-state index in [0.717, 1.165) is 5.69 Å². The lowest BCUT2D eigenvalue weighted by Gasteiger charge is -2.13. The van der Waals surface area contributed by atoms with Gasteiger partial charge in [-0.1, -0.05) is 24.3 Å². The van der Waals surface area contributed by atoms with Crippen LogP contribution in [0.4, 0.5) is 20.6 Å². The Morgan fingerprint density at radius 1 is 1.09 bits per heavy atom. The van der Waals surface area contributed by atoms with E-state index in [9.17, 15) is 18.8 Å². The maximum atomic E-state index is 14.2. The minimum absolute atomic E-state index is 0.0810. The predicted molar refractivity (Wildman–Crippen MR) is 125 cm³/mol. The number of carbonyl (C=O) groups is 3. The first-order valence-corrected chi connectivity index (χ1v) is 10.9. The molecule has 0 saturated carbocycles. The number of carbonyl (C=O) groups excluding carboxylic acids is 2. The zero-order chi connectivity index (χ0) is 24.2. The first-order valence-electron chi connectivity index (χ1n) is 10.00. The van der Waals surface area contributed by atoms with Gasteiger partial charge in [-0.15, -0.1) is 11.3 Å². The Balaban J connectivity index is 1.52. The van der Waals surface area contributed by atoms with Crippen molar-refractivity contribution < 1.29 is 23.9 Å². The standard InChI is InChI=1S/C23H18FN5O4S/c1-12-10-25-21(26-12)22-28-18(11-34-22)19(30)9-20(31)27-17-8-13(6-7-16(17)29-23(32)33)14-4-2-3-5-15(14)24/h2-8,10-11,29H,9H2,1H3,(H,25,26)(H,27,31)(H,32,33). The second-order valence-electron chi connectivity index (χ2n) is 7.25. The van der Waals surface area contributed by atoms with Crippen LogP contribution in [0.3, 0.4) is 0 Å². The molecule has 0 fully saturated rings. The van der Waals surface area contributed by atoms with Crippen LogP contribution in [-0.4, -0.2) is 37.8 Å². The summed E-state index contributed by atoms with van der Waals surface area (Å²) < 4.78 is 14.2. The van der Waals surface area contributed by atoms with Gasteiger partial charge in [0.1, 0.15) is 11.5 Å². The van der Waals surface area contributed by atoms with Crippen molar-refractivity contribution in [1.82, 2.24) is 15.0 Å². The smallest absolute Gasteiger partial charge is 0.409 e. The lowest BCUT2D eigenvalue weighted by molar-refractivity contribution is -0.115. The summed E-state index contributed by atoms with van der Waals surface area (Å²) in [6.07, 6.45) is -0.144. The number of amides is 2. The number of benzene rings is 2. The summed E-state index contributed by atoms with van der Waals surface area (Å²) in [4.78, 5) is 47.8. The van der Waals surface area contributed by atoms with Crippen molar-refractivity contribution in [3.05, 3.63) is 71.2 Å². The lowest BCUT2D eigenvalue weighted by atomic mass is 10.0. The minimum Gasteiger partial charge on any atom is -0.465 e. The third kappa shape index (κ3) is 5.15. The van der Waals surface area contributed by atoms with Crippen molar-refractivity contribution in [2.75, 3.05) is 10.6 Å². The van der Waals surface area contributed by atoms with E-state index < -0.39 is 30.0 Å². The molecule has 0 spiro atoms. The van der Waals surface area contributed by atoms with Crippen LogP contribution in [0.2, 0.25) is 0 Å². The van der Waals surface area contributed by atoms with Crippen molar-refractivity contribution in [1.29, 1.82) is 0 Å². The molecule has 0 radical (unpaired) electrons. The number of imidazole rings is 1. The summed E-state index contributed by atoms with van der Waals surface area (Å²) >= 11 is 1.22. The molecular formula is C23H18FN5O4S. The molecule has 9 nitrogen and oxygen atoms in total. The van der Waals surface area contributed by atoms with Gasteiger partial charge in [-0.05, 0) is 30.7 Å². The first kappa shape index (κ1) is 22.8. The van der Waals surface area contributed by atoms with Gasteiger partial charge in [-0.2, -0.15) is 0 Å². The summed E-state index contributed by atoms with van der Waals surface area (Å²) in [5, 5.41) is 15.9. The molecule has 0 bridgehead atoms. The number of thiazole rings is 1. The van der Waals surface area contributed by atoms with Gasteiger partial charge in [0.2, 0.25) is 5.91 Å². The fraction of sp³-hybridized carbons (Fsp3) is 0.0870. The van der Waals surface area contributed by atoms with Gasteiger partial charge in [0.15, 0.2) is 16.6 Å². The van der Waals surface area contributed by atoms with Crippen molar-refractivity contribution in [2.24, 2.45) is 0 Å². The quantitative estimate of drug-likeness (QED) is 0.219. The lowest BCUT2D eigenvalue weighted by Crippen LogP contribution is -2.18. The summed E-state index contributed by atoms with van der Waals surface area (Å²) in [5.74, 6) is -1.13. The Hall–Kier alpha value is -4.38. The van der Waals surface area contributed by atoms with Crippen LogP contribution in [0.1, 0.15) is 22.6 Å². The molecule has 0 saturated heterocycles. The molecule has 2 aromatic carbocycles. The van der Waals surface area contributed by atoms with Gasteiger partial charge >= 0.3 is 6.09 Å². The number of aromatic nitrogens is 3. The number of carboxylic acid groups (broad SMARTS) is 1. The van der Waals surface area contributed by atoms with Gasteiger partial charge in [0.05, 0.1) is 23.5 Å². The van der Waals surface area contributed by atoms with Crippen LogP contribution in [-0.2, 0) is 4.79 Å². The monoisotopic (exact) mass is 479 g/mol. The Morgan fingerprint density at radius 2 is 1.88 bits per heavy atom. The van der Waals surface area contributed by atoms with E-state index in [1.807, 2.05) is 6.92 Å². The first-order chi connectivity index (χ1) is 16.3. The fourth-order valence-corrected chi connectivity index (χ4v) is 3.97. The molecule has 0 unspecified atom stereocenters. The van der Waals surface area contributed by atoms with E-state index >= 15 is 0 Å². The van der Waals surface area contributed by atoms with Crippen LogP contribution >= 0.6 is 11.3 Å². The molecule has 0 aliphatic rings. The Bertz CT molecular complexity index is 1400. The van der Waals surface area contributed by atoms with E-state index in [2.05, 4.69) is 25.6 Å². The number of nitrogens with zero attached hydrogens (tertiary/aromatic N) is 2. The number of hydrogen-bond donors (Lipinski definition) is 4. The molecule has 34 heavy (non-hydrogen) atoms. The molecule has 2 aromatic heterocycles. The highest BCUT2D eigenvalue weighted by molar-refractivity contribution is 7.13. The van der Waals surface area contributed by atoms with E-state index in [-0.39, 0.29) is 22.6 Å². The molecule has 4 rings (SSSR count). The van der Waals surface area contributed by atoms with Crippen LogP contribution in [0.25, 0.3) is 22.0 Å². The van der Waals surface area contributed by atoms with Crippen LogP contribution < -0.4 is 10.6 Å². The molecule has 172 valence electrons. The summed E-state index contributed by atoms with van der Waals surface area (Å²) in [7, 11) is 0. The molecular weight excluding hydrogens is 461 g/mol. The van der Waals surface area contributed by atoms with Crippen LogP contribution in [0.5, 0.6) is 0 Å². The normalized spacial score (nSPS) is 10.6. The molecule has 4 N–H and O–H groups in total.